The second kappa shape index (κ2) is 6.31. The van der Waals surface area contributed by atoms with E-state index in [1.54, 1.807) is 23.9 Å². The molecule has 7 nitrogen and oxygen atoms in total. The van der Waals surface area contributed by atoms with Crippen molar-refractivity contribution >= 4 is 11.8 Å². The highest BCUT2D eigenvalue weighted by molar-refractivity contribution is 7.97. The van der Waals surface area contributed by atoms with Crippen molar-refractivity contribution < 1.29 is 8.91 Å². The summed E-state index contributed by atoms with van der Waals surface area (Å²) in [5.74, 6) is 3.20. The number of tetrazole rings is 1. The van der Waals surface area contributed by atoms with E-state index in [2.05, 4.69) is 25.7 Å². The van der Waals surface area contributed by atoms with Crippen LogP contribution in [0.5, 0.6) is 0 Å². The summed E-state index contributed by atoms with van der Waals surface area (Å²) in [7, 11) is 0. The predicted molar refractivity (Wildman–Crippen MR) is 85.1 cm³/mol. The molecule has 0 N–H and O–H groups in total. The highest BCUT2D eigenvalue weighted by Gasteiger charge is 2.29. The normalized spacial score (nSPS) is 14.2. The van der Waals surface area contributed by atoms with E-state index in [1.807, 2.05) is 6.92 Å². The second-order valence-corrected chi connectivity index (χ2v) is 6.76. The molecule has 0 unspecified atom stereocenters. The molecule has 0 aliphatic heterocycles. The molecule has 24 heavy (non-hydrogen) atoms. The maximum absolute atomic E-state index is 14.0. The molecule has 0 amide bonds. The molecular formula is C15H15FN6OS. The van der Waals surface area contributed by atoms with Crippen LogP contribution < -0.4 is 0 Å². The molecule has 0 bridgehead atoms. The number of hydrogen-bond acceptors (Lipinski definition) is 7. The number of rotatable bonds is 6. The quantitative estimate of drug-likeness (QED) is 0.678. The lowest BCUT2D eigenvalue weighted by molar-refractivity contribution is 0.375. The Labute approximate surface area is 141 Å². The molecule has 2 aromatic heterocycles. The Morgan fingerprint density at radius 2 is 2.21 bits per heavy atom. The van der Waals surface area contributed by atoms with Crippen LogP contribution in [0.4, 0.5) is 4.39 Å². The van der Waals surface area contributed by atoms with E-state index >= 15 is 0 Å². The molecule has 0 radical (unpaired) electrons. The van der Waals surface area contributed by atoms with Gasteiger partial charge in [-0.2, -0.15) is 9.67 Å². The van der Waals surface area contributed by atoms with Crippen LogP contribution in [0.25, 0.3) is 5.69 Å². The zero-order valence-electron chi connectivity index (χ0n) is 13.0. The predicted octanol–water partition coefficient (Wildman–Crippen LogP) is 2.80. The highest BCUT2D eigenvalue weighted by atomic mass is 32.2. The van der Waals surface area contributed by atoms with E-state index in [0.717, 1.165) is 24.3 Å². The molecular weight excluding hydrogens is 331 g/mol. The van der Waals surface area contributed by atoms with Crippen LogP contribution in [-0.2, 0) is 11.5 Å². The Kier molecular flexibility index (Phi) is 4.01. The minimum absolute atomic E-state index is 0.353. The monoisotopic (exact) mass is 346 g/mol. The van der Waals surface area contributed by atoms with E-state index in [4.69, 9.17) is 4.52 Å². The van der Waals surface area contributed by atoms with Crippen molar-refractivity contribution in [2.45, 2.75) is 37.2 Å². The SMILES string of the molecule is Cc1ccc(F)c(-n2nnnc2CSCc2noc(C3CC3)n2)c1. The molecule has 4 rings (SSSR count). The van der Waals surface area contributed by atoms with Gasteiger partial charge in [-0.3, -0.25) is 0 Å². The van der Waals surface area contributed by atoms with Gasteiger partial charge in [0.2, 0.25) is 5.89 Å². The van der Waals surface area contributed by atoms with Crippen LogP contribution in [0, 0.1) is 12.7 Å². The molecule has 2 heterocycles. The van der Waals surface area contributed by atoms with Gasteiger partial charge in [-0.15, -0.1) is 16.9 Å². The third-order valence-electron chi connectivity index (χ3n) is 3.74. The first kappa shape index (κ1) is 15.3. The van der Waals surface area contributed by atoms with E-state index in [0.29, 0.717) is 34.8 Å². The van der Waals surface area contributed by atoms with Crippen LogP contribution in [0.1, 0.15) is 41.9 Å². The second-order valence-electron chi connectivity index (χ2n) is 5.78. The van der Waals surface area contributed by atoms with Gasteiger partial charge in [-0.25, -0.2) is 4.39 Å². The molecule has 0 saturated heterocycles. The van der Waals surface area contributed by atoms with E-state index in [9.17, 15) is 4.39 Å². The first-order valence-electron chi connectivity index (χ1n) is 7.64. The number of aryl methyl sites for hydroxylation is 1. The molecule has 1 fully saturated rings. The molecule has 124 valence electrons. The Hall–Kier alpha value is -2.29. The number of thioether (sulfide) groups is 1. The van der Waals surface area contributed by atoms with Crippen molar-refractivity contribution in [2.24, 2.45) is 0 Å². The van der Waals surface area contributed by atoms with Crippen molar-refractivity contribution in [2.75, 3.05) is 0 Å². The topological polar surface area (TPSA) is 82.5 Å². The van der Waals surface area contributed by atoms with Crippen LogP contribution in [0.2, 0.25) is 0 Å². The van der Waals surface area contributed by atoms with E-state index < -0.39 is 0 Å². The number of halogens is 1. The van der Waals surface area contributed by atoms with Gasteiger partial charge >= 0.3 is 0 Å². The fraction of sp³-hybridized carbons (Fsp3) is 0.400. The van der Waals surface area contributed by atoms with Gasteiger partial charge in [-0.1, -0.05) is 11.2 Å². The summed E-state index contributed by atoms with van der Waals surface area (Å²) in [4.78, 5) is 4.38. The van der Waals surface area contributed by atoms with Gasteiger partial charge in [0, 0.05) is 5.92 Å². The van der Waals surface area contributed by atoms with Crippen molar-refractivity contribution in [3.05, 3.63) is 47.1 Å². The van der Waals surface area contributed by atoms with Gasteiger partial charge < -0.3 is 4.52 Å². The lowest BCUT2D eigenvalue weighted by Crippen LogP contribution is -2.05. The Bertz CT molecular complexity index is 859. The summed E-state index contributed by atoms with van der Waals surface area (Å²) in [6, 6.07) is 4.86. The molecule has 1 aromatic carbocycles. The van der Waals surface area contributed by atoms with Gasteiger partial charge in [0.15, 0.2) is 11.6 Å². The average Bonchev–Trinajstić information content (AvgIpc) is 3.14. The number of hydrogen-bond donors (Lipinski definition) is 0. The molecule has 3 aromatic rings. The van der Waals surface area contributed by atoms with Crippen molar-refractivity contribution in [1.82, 2.24) is 30.3 Å². The first-order valence-corrected chi connectivity index (χ1v) is 8.80. The summed E-state index contributed by atoms with van der Waals surface area (Å²) in [6.45, 7) is 1.90. The Balaban J connectivity index is 1.43. The van der Waals surface area contributed by atoms with Gasteiger partial charge in [0.05, 0.1) is 11.5 Å². The number of aromatic nitrogens is 6. The summed E-state index contributed by atoms with van der Waals surface area (Å²) in [6.07, 6.45) is 2.26. The fourth-order valence-electron chi connectivity index (χ4n) is 2.32. The smallest absolute Gasteiger partial charge is 0.229 e. The maximum Gasteiger partial charge on any atom is 0.229 e. The molecule has 1 aliphatic carbocycles. The molecule has 0 atom stereocenters. The zero-order chi connectivity index (χ0) is 16.5. The largest absolute Gasteiger partial charge is 0.339 e. The highest BCUT2D eigenvalue weighted by Crippen LogP contribution is 2.39. The first-order chi connectivity index (χ1) is 11.7. The van der Waals surface area contributed by atoms with Crippen LogP contribution >= 0.6 is 11.8 Å². The standard InChI is InChI=1S/C15H15FN6OS/c1-9-2-5-11(16)12(6-9)22-14(18-20-21-22)8-24-7-13-17-15(23-19-13)10-3-4-10/h2,5-6,10H,3-4,7-8H2,1H3. The molecule has 0 spiro atoms. The van der Waals surface area contributed by atoms with Gasteiger partial charge in [0.1, 0.15) is 11.5 Å². The summed E-state index contributed by atoms with van der Waals surface area (Å²) in [5, 5.41) is 15.5. The van der Waals surface area contributed by atoms with Gasteiger partial charge in [-0.05, 0) is 47.9 Å². The lowest BCUT2D eigenvalue weighted by atomic mass is 10.2. The Morgan fingerprint density at radius 1 is 1.33 bits per heavy atom. The third-order valence-corrected chi connectivity index (χ3v) is 4.66. The van der Waals surface area contributed by atoms with E-state index in [-0.39, 0.29) is 5.82 Å². The maximum atomic E-state index is 14.0. The minimum atomic E-state index is -0.355. The number of nitrogens with zero attached hydrogens (tertiary/aromatic N) is 6. The minimum Gasteiger partial charge on any atom is -0.339 e. The van der Waals surface area contributed by atoms with Crippen molar-refractivity contribution in [3.8, 4) is 5.69 Å². The van der Waals surface area contributed by atoms with Crippen LogP contribution in [0.15, 0.2) is 22.7 Å². The summed E-state index contributed by atoms with van der Waals surface area (Å²) >= 11 is 1.56. The van der Waals surface area contributed by atoms with Crippen LogP contribution in [-0.4, -0.2) is 30.3 Å². The Morgan fingerprint density at radius 3 is 3.04 bits per heavy atom. The summed E-state index contributed by atoms with van der Waals surface area (Å²) in [5.41, 5.74) is 1.30. The van der Waals surface area contributed by atoms with E-state index in [1.165, 1.54) is 10.7 Å². The summed E-state index contributed by atoms with van der Waals surface area (Å²) < 4.78 is 20.7. The molecule has 9 heteroatoms. The third kappa shape index (κ3) is 3.16. The average molecular weight is 346 g/mol. The lowest BCUT2D eigenvalue weighted by Gasteiger charge is -2.06. The van der Waals surface area contributed by atoms with Crippen molar-refractivity contribution in [1.29, 1.82) is 0 Å². The molecule has 1 aliphatic rings. The molecule has 1 saturated carbocycles. The van der Waals surface area contributed by atoms with Crippen LogP contribution in [0.3, 0.4) is 0 Å². The zero-order valence-corrected chi connectivity index (χ0v) is 13.8. The van der Waals surface area contributed by atoms with Crippen molar-refractivity contribution in [3.63, 3.8) is 0 Å². The van der Waals surface area contributed by atoms with Gasteiger partial charge in [0.25, 0.3) is 0 Å². The fourth-order valence-corrected chi connectivity index (χ4v) is 3.09. The number of benzene rings is 1.